The van der Waals surface area contributed by atoms with Gasteiger partial charge in [0.2, 0.25) is 0 Å². The molecule has 0 bridgehead atoms. The van der Waals surface area contributed by atoms with E-state index in [-0.39, 0.29) is 11.5 Å². The average Bonchev–Trinajstić information content (AvgIpc) is 2.62. The third kappa shape index (κ3) is 11.6. The van der Waals surface area contributed by atoms with E-state index in [0.717, 1.165) is 36.2 Å². The van der Waals surface area contributed by atoms with E-state index >= 15 is 0 Å². The maximum Gasteiger partial charge on any atom is 0.157 e. The van der Waals surface area contributed by atoms with Gasteiger partial charge in [-0.1, -0.05) is 98.5 Å². The summed E-state index contributed by atoms with van der Waals surface area (Å²) in [5.41, 5.74) is 1.11. The van der Waals surface area contributed by atoms with E-state index in [1.807, 2.05) is 6.07 Å². The van der Waals surface area contributed by atoms with Crippen molar-refractivity contribution in [2.24, 2.45) is 23.7 Å². The maximum absolute atomic E-state index is 9.59. The van der Waals surface area contributed by atoms with E-state index in [1.54, 1.807) is 12.1 Å². The normalized spacial score (nSPS) is 14.9. The van der Waals surface area contributed by atoms with Gasteiger partial charge in [-0.2, -0.15) is 0 Å². The molecule has 28 heavy (non-hydrogen) atoms. The van der Waals surface area contributed by atoms with E-state index in [2.05, 4.69) is 34.6 Å². The first-order valence-corrected chi connectivity index (χ1v) is 11.8. The Hall–Kier alpha value is -1.18. The Morgan fingerprint density at radius 3 is 1.54 bits per heavy atom. The van der Waals surface area contributed by atoms with Gasteiger partial charge in [0.25, 0.3) is 0 Å². The molecule has 0 heterocycles. The van der Waals surface area contributed by atoms with E-state index in [1.165, 1.54) is 57.8 Å². The SMILES string of the molecule is CC(C)CCCC(C)CCCC(C)CCCC(C)CCc1ccc(O)c(O)c1. The molecule has 0 aliphatic heterocycles. The van der Waals surface area contributed by atoms with E-state index in [4.69, 9.17) is 0 Å². The van der Waals surface area contributed by atoms with Crippen molar-refractivity contribution in [2.45, 2.75) is 105 Å². The zero-order valence-electron chi connectivity index (χ0n) is 19.2. The van der Waals surface area contributed by atoms with Gasteiger partial charge in [0.15, 0.2) is 11.5 Å². The lowest BCUT2D eigenvalue weighted by atomic mass is 9.90. The van der Waals surface area contributed by atoms with Crippen LogP contribution in [-0.2, 0) is 6.42 Å². The Morgan fingerprint density at radius 2 is 1.07 bits per heavy atom. The number of benzene rings is 1. The summed E-state index contributed by atoms with van der Waals surface area (Å²) in [5.74, 6) is 3.27. The number of aryl methyl sites for hydroxylation is 1. The highest BCUT2D eigenvalue weighted by molar-refractivity contribution is 5.40. The fraction of sp³-hybridized carbons (Fsp3) is 0.769. The van der Waals surface area contributed by atoms with Crippen molar-refractivity contribution in [2.75, 3.05) is 0 Å². The molecular formula is C26H46O2. The Morgan fingerprint density at radius 1 is 0.607 bits per heavy atom. The standard InChI is InChI=1S/C26H46O2/c1-20(2)9-6-10-21(3)11-7-12-22(4)13-8-14-23(5)15-16-24-17-18-25(27)26(28)19-24/h17-23,27-28H,6-16H2,1-5H3. The van der Waals surface area contributed by atoms with Crippen LogP contribution in [0.1, 0.15) is 104 Å². The first kappa shape index (κ1) is 24.9. The van der Waals surface area contributed by atoms with Gasteiger partial charge in [-0.05, 0) is 54.2 Å². The summed E-state index contributed by atoms with van der Waals surface area (Å²) >= 11 is 0. The highest BCUT2D eigenvalue weighted by Gasteiger charge is 2.09. The highest BCUT2D eigenvalue weighted by Crippen LogP contribution is 2.27. The predicted molar refractivity (Wildman–Crippen MR) is 122 cm³/mol. The lowest BCUT2D eigenvalue weighted by Gasteiger charge is -2.16. The molecule has 0 aromatic heterocycles. The summed E-state index contributed by atoms with van der Waals surface area (Å²) in [7, 11) is 0. The molecule has 3 unspecified atom stereocenters. The van der Waals surface area contributed by atoms with Crippen LogP contribution in [0.2, 0.25) is 0 Å². The van der Waals surface area contributed by atoms with Crippen molar-refractivity contribution in [1.82, 2.24) is 0 Å². The molecule has 2 N–H and O–H groups in total. The summed E-state index contributed by atoms with van der Waals surface area (Å²) in [4.78, 5) is 0. The van der Waals surface area contributed by atoms with E-state index in [0.29, 0.717) is 5.92 Å². The Kier molecular flexibility index (Phi) is 12.3. The topological polar surface area (TPSA) is 40.5 Å². The molecule has 0 aliphatic carbocycles. The van der Waals surface area contributed by atoms with Gasteiger partial charge in [0, 0.05) is 0 Å². The molecule has 2 heteroatoms. The minimum absolute atomic E-state index is 0.00628. The minimum Gasteiger partial charge on any atom is -0.504 e. The summed E-state index contributed by atoms with van der Waals surface area (Å²) in [5, 5.41) is 19.0. The largest absolute Gasteiger partial charge is 0.504 e. The van der Waals surface area contributed by atoms with Gasteiger partial charge < -0.3 is 10.2 Å². The summed E-state index contributed by atoms with van der Waals surface area (Å²) in [6, 6.07) is 5.18. The molecular weight excluding hydrogens is 344 g/mol. The van der Waals surface area contributed by atoms with Crippen LogP contribution in [-0.4, -0.2) is 10.2 Å². The summed E-state index contributed by atoms with van der Waals surface area (Å²) < 4.78 is 0. The van der Waals surface area contributed by atoms with Crippen molar-refractivity contribution < 1.29 is 10.2 Å². The molecule has 2 nitrogen and oxygen atoms in total. The second kappa shape index (κ2) is 13.9. The number of hydrogen-bond acceptors (Lipinski definition) is 2. The quantitative estimate of drug-likeness (QED) is 0.297. The maximum atomic E-state index is 9.59. The van der Waals surface area contributed by atoms with E-state index in [9.17, 15) is 10.2 Å². The second-order valence-electron chi connectivity index (χ2n) is 9.86. The van der Waals surface area contributed by atoms with E-state index < -0.39 is 0 Å². The zero-order chi connectivity index (χ0) is 20.9. The van der Waals surface area contributed by atoms with Crippen LogP contribution < -0.4 is 0 Å². The average molecular weight is 391 g/mol. The monoisotopic (exact) mass is 390 g/mol. The van der Waals surface area contributed by atoms with Gasteiger partial charge in [-0.15, -0.1) is 0 Å². The van der Waals surface area contributed by atoms with Crippen LogP contribution in [0.4, 0.5) is 0 Å². The fourth-order valence-corrected chi connectivity index (χ4v) is 4.07. The molecule has 3 atom stereocenters. The van der Waals surface area contributed by atoms with Crippen molar-refractivity contribution >= 4 is 0 Å². The Balaban J connectivity index is 2.06. The van der Waals surface area contributed by atoms with Gasteiger partial charge in [-0.3, -0.25) is 0 Å². The summed E-state index contributed by atoms with van der Waals surface area (Å²) in [6.45, 7) is 11.8. The first-order valence-electron chi connectivity index (χ1n) is 11.8. The van der Waals surface area contributed by atoms with Crippen molar-refractivity contribution in [3.63, 3.8) is 0 Å². The highest BCUT2D eigenvalue weighted by atomic mass is 16.3. The number of phenols is 2. The number of rotatable bonds is 15. The Bertz CT molecular complexity index is 523. The van der Waals surface area contributed by atoms with Crippen LogP contribution in [0.25, 0.3) is 0 Å². The lowest BCUT2D eigenvalue weighted by molar-refractivity contribution is 0.374. The molecule has 0 saturated heterocycles. The van der Waals surface area contributed by atoms with Crippen molar-refractivity contribution in [3.8, 4) is 11.5 Å². The lowest BCUT2D eigenvalue weighted by Crippen LogP contribution is -2.02. The minimum atomic E-state index is -0.0317. The molecule has 0 spiro atoms. The molecule has 1 aromatic rings. The number of hydrogen-bond donors (Lipinski definition) is 2. The molecule has 162 valence electrons. The van der Waals surface area contributed by atoms with Crippen LogP contribution >= 0.6 is 0 Å². The number of aromatic hydroxyl groups is 2. The molecule has 1 rings (SSSR count). The first-order chi connectivity index (χ1) is 13.3. The van der Waals surface area contributed by atoms with Crippen molar-refractivity contribution in [3.05, 3.63) is 23.8 Å². The predicted octanol–water partition coefficient (Wildman–Crippen LogP) is 8.11. The Labute approximate surface area is 174 Å². The van der Waals surface area contributed by atoms with Gasteiger partial charge in [-0.25, -0.2) is 0 Å². The van der Waals surface area contributed by atoms with Gasteiger partial charge >= 0.3 is 0 Å². The summed E-state index contributed by atoms with van der Waals surface area (Å²) in [6.07, 6.45) is 14.5. The second-order valence-corrected chi connectivity index (χ2v) is 9.86. The smallest absolute Gasteiger partial charge is 0.157 e. The van der Waals surface area contributed by atoms with Crippen LogP contribution in [0, 0.1) is 23.7 Å². The molecule has 0 aliphatic rings. The van der Waals surface area contributed by atoms with Crippen LogP contribution in [0.5, 0.6) is 11.5 Å². The third-order valence-electron chi connectivity index (χ3n) is 6.23. The fourth-order valence-electron chi connectivity index (χ4n) is 4.07. The van der Waals surface area contributed by atoms with Crippen molar-refractivity contribution in [1.29, 1.82) is 0 Å². The van der Waals surface area contributed by atoms with Gasteiger partial charge in [0.1, 0.15) is 0 Å². The van der Waals surface area contributed by atoms with Gasteiger partial charge in [0.05, 0.1) is 0 Å². The molecule has 0 fully saturated rings. The van der Waals surface area contributed by atoms with Crippen LogP contribution in [0.15, 0.2) is 18.2 Å². The molecule has 0 saturated carbocycles. The molecule has 0 radical (unpaired) electrons. The number of phenolic OH excluding ortho intramolecular Hbond substituents is 2. The van der Waals surface area contributed by atoms with Crippen LogP contribution in [0.3, 0.4) is 0 Å². The molecule has 0 amide bonds. The third-order valence-corrected chi connectivity index (χ3v) is 6.23. The molecule has 1 aromatic carbocycles. The zero-order valence-corrected chi connectivity index (χ0v) is 19.2.